The second-order valence-electron chi connectivity index (χ2n) is 6.69. The van der Waals surface area contributed by atoms with Crippen molar-refractivity contribution in [1.29, 1.82) is 0 Å². The molecule has 1 N–H and O–H groups in total. The highest BCUT2D eigenvalue weighted by atomic mass is 35.5. The van der Waals surface area contributed by atoms with Gasteiger partial charge in [0.2, 0.25) is 5.91 Å². The summed E-state index contributed by atoms with van der Waals surface area (Å²) in [7, 11) is 1.48. The molecule has 0 bridgehead atoms. The van der Waals surface area contributed by atoms with E-state index in [0.717, 1.165) is 0 Å². The Morgan fingerprint density at radius 1 is 1.50 bits per heavy atom. The van der Waals surface area contributed by atoms with Crippen molar-refractivity contribution in [2.45, 2.75) is 26.0 Å². The normalized spacial score (nSPS) is 18.4. The molecular weight excluding hydrogens is 389 g/mol. The van der Waals surface area contributed by atoms with E-state index in [0.29, 0.717) is 30.3 Å². The van der Waals surface area contributed by atoms with Gasteiger partial charge in [-0.1, -0.05) is 17.7 Å². The Kier molecular flexibility index (Phi) is 8.47. The number of morpholine rings is 1. The van der Waals surface area contributed by atoms with Crippen LogP contribution in [0.25, 0.3) is 0 Å². The van der Waals surface area contributed by atoms with E-state index in [4.69, 9.17) is 21.1 Å². The van der Waals surface area contributed by atoms with Gasteiger partial charge in [0.1, 0.15) is 12.4 Å². The number of rotatable bonds is 7. The summed E-state index contributed by atoms with van der Waals surface area (Å²) in [4.78, 5) is 27.2. The molecule has 0 aliphatic carbocycles. The molecule has 1 aromatic carbocycles. The first-order valence-electron chi connectivity index (χ1n) is 9.27. The Morgan fingerprint density at radius 3 is 2.89 bits per heavy atom. The standard InChI is InChI=1S/C19H27ClFN3O4/c1-4-27-19(26)23(3)12-17(25)22-10-16(24-8-9-28-13(2)11-24)18-14(20)6-5-7-15(18)21/h5-7,13,16H,4,8-12H2,1-3H3,(H,22,25). The third-order valence-corrected chi connectivity index (χ3v) is 4.83. The van der Waals surface area contributed by atoms with Crippen LogP contribution in [0.4, 0.5) is 9.18 Å². The number of hydrogen-bond acceptors (Lipinski definition) is 5. The quantitative estimate of drug-likeness (QED) is 0.740. The number of carbonyl (C=O) groups is 2. The molecule has 1 fully saturated rings. The SMILES string of the molecule is CCOC(=O)N(C)CC(=O)NCC(c1c(F)cccc1Cl)N1CCOC(C)C1. The van der Waals surface area contributed by atoms with Crippen molar-refractivity contribution in [2.75, 3.05) is 46.4 Å². The first-order valence-corrected chi connectivity index (χ1v) is 9.65. The fraction of sp³-hybridized carbons (Fsp3) is 0.579. The zero-order valence-corrected chi connectivity index (χ0v) is 17.2. The molecule has 9 heteroatoms. The van der Waals surface area contributed by atoms with Crippen LogP contribution in [0.2, 0.25) is 5.02 Å². The molecule has 0 spiro atoms. The number of benzene rings is 1. The van der Waals surface area contributed by atoms with Crippen LogP contribution < -0.4 is 5.32 Å². The smallest absolute Gasteiger partial charge is 0.409 e. The average Bonchev–Trinajstić information content (AvgIpc) is 2.64. The van der Waals surface area contributed by atoms with E-state index in [1.54, 1.807) is 19.1 Å². The number of nitrogens with zero attached hydrogens (tertiary/aromatic N) is 2. The van der Waals surface area contributed by atoms with Gasteiger partial charge in [0, 0.05) is 37.3 Å². The Labute approximate surface area is 169 Å². The Balaban J connectivity index is 2.10. The summed E-state index contributed by atoms with van der Waals surface area (Å²) in [6.07, 6.45) is -0.583. The van der Waals surface area contributed by atoms with Gasteiger partial charge in [-0.05, 0) is 26.0 Å². The first kappa shape index (κ1) is 22.4. The summed E-state index contributed by atoms with van der Waals surface area (Å²) in [6.45, 7) is 5.57. The van der Waals surface area contributed by atoms with Crippen LogP contribution >= 0.6 is 11.6 Å². The maximum atomic E-state index is 14.6. The number of amides is 2. The van der Waals surface area contributed by atoms with Crippen molar-refractivity contribution >= 4 is 23.6 Å². The zero-order chi connectivity index (χ0) is 20.7. The minimum atomic E-state index is -0.576. The molecule has 156 valence electrons. The molecule has 1 aromatic rings. The molecule has 0 aromatic heterocycles. The van der Waals surface area contributed by atoms with E-state index in [9.17, 15) is 14.0 Å². The van der Waals surface area contributed by atoms with Gasteiger partial charge in [-0.25, -0.2) is 9.18 Å². The summed E-state index contributed by atoms with van der Waals surface area (Å²) in [6, 6.07) is 4.09. The summed E-state index contributed by atoms with van der Waals surface area (Å²) in [5.41, 5.74) is 0.345. The molecule has 2 amide bonds. The number of hydrogen-bond donors (Lipinski definition) is 1. The molecule has 0 saturated carbocycles. The molecule has 2 unspecified atom stereocenters. The molecule has 0 radical (unpaired) electrons. The molecule has 1 heterocycles. The van der Waals surface area contributed by atoms with Crippen molar-refractivity contribution in [3.05, 3.63) is 34.6 Å². The van der Waals surface area contributed by atoms with Crippen LogP contribution in [-0.4, -0.2) is 74.3 Å². The van der Waals surface area contributed by atoms with E-state index >= 15 is 0 Å². The number of likely N-dealkylation sites (N-methyl/N-ethyl adjacent to an activating group) is 1. The van der Waals surface area contributed by atoms with Gasteiger partial charge in [0.05, 0.1) is 25.4 Å². The molecule has 1 aliphatic heterocycles. The molecule has 2 rings (SSSR count). The third kappa shape index (κ3) is 6.05. The van der Waals surface area contributed by atoms with Crippen molar-refractivity contribution < 1.29 is 23.5 Å². The first-order chi connectivity index (χ1) is 13.3. The van der Waals surface area contributed by atoms with Gasteiger partial charge in [-0.3, -0.25) is 9.69 Å². The van der Waals surface area contributed by atoms with Gasteiger partial charge in [0.15, 0.2) is 0 Å². The lowest BCUT2D eigenvalue weighted by Gasteiger charge is -2.38. The van der Waals surface area contributed by atoms with Crippen molar-refractivity contribution in [1.82, 2.24) is 15.1 Å². The van der Waals surface area contributed by atoms with Crippen LogP contribution in [0.15, 0.2) is 18.2 Å². The second kappa shape index (κ2) is 10.6. The minimum Gasteiger partial charge on any atom is -0.450 e. The summed E-state index contributed by atoms with van der Waals surface area (Å²) in [5.74, 6) is -0.788. The molecule has 28 heavy (non-hydrogen) atoms. The third-order valence-electron chi connectivity index (χ3n) is 4.50. The number of carbonyl (C=O) groups excluding carboxylic acids is 2. The topological polar surface area (TPSA) is 71.1 Å². The van der Waals surface area contributed by atoms with E-state index in [1.165, 1.54) is 18.0 Å². The van der Waals surface area contributed by atoms with Crippen molar-refractivity contribution in [2.24, 2.45) is 0 Å². The van der Waals surface area contributed by atoms with Gasteiger partial charge in [-0.15, -0.1) is 0 Å². The predicted octanol–water partition coefficient (Wildman–Crippen LogP) is 2.45. The van der Waals surface area contributed by atoms with Crippen LogP contribution in [0, 0.1) is 5.82 Å². The van der Waals surface area contributed by atoms with E-state index in [2.05, 4.69) is 5.32 Å². The fourth-order valence-electron chi connectivity index (χ4n) is 3.15. The summed E-state index contributed by atoms with van der Waals surface area (Å²) in [5, 5.41) is 3.09. The number of ether oxygens (including phenoxy) is 2. The van der Waals surface area contributed by atoms with E-state index in [1.807, 2.05) is 11.8 Å². The highest BCUT2D eigenvalue weighted by molar-refractivity contribution is 6.31. The van der Waals surface area contributed by atoms with Crippen LogP contribution in [0.5, 0.6) is 0 Å². The highest BCUT2D eigenvalue weighted by Crippen LogP contribution is 2.31. The van der Waals surface area contributed by atoms with Gasteiger partial charge in [0.25, 0.3) is 0 Å². The maximum Gasteiger partial charge on any atom is 0.409 e. The second-order valence-corrected chi connectivity index (χ2v) is 7.09. The monoisotopic (exact) mass is 415 g/mol. The largest absolute Gasteiger partial charge is 0.450 e. The summed E-state index contributed by atoms with van der Waals surface area (Å²) >= 11 is 6.28. The Bertz CT molecular complexity index is 671. The Hall–Kier alpha value is -1.90. The molecule has 7 nitrogen and oxygen atoms in total. The predicted molar refractivity (Wildman–Crippen MR) is 104 cm³/mol. The number of nitrogens with one attached hydrogen (secondary N) is 1. The van der Waals surface area contributed by atoms with Gasteiger partial charge >= 0.3 is 6.09 Å². The van der Waals surface area contributed by atoms with Crippen LogP contribution in [0.3, 0.4) is 0 Å². The van der Waals surface area contributed by atoms with E-state index < -0.39 is 18.0 Å². The van der Waals surface area contributed by atoms with Crippen molar-refractivity contribution in [3.8, 4) is 0 Å². The molecule has 1 saturated heterocycles. The van der Waals surface area contributed by atoms with Crippen LogP contribution in [-0.2, 0) is 14.3 Å². The minimum absolute atomic E-state index is 0.00699. The molecular formula is C19H27ClFN3O4. The van der Waals surface area contributed by atoms with Crippen molar-refractivity contribution in [3.63, 3.8) is 0 Å². The average molecular weight is 416 g/mol. The lowest BCUT2D eigenvalue weighted by atomic mass is 10.0. The lowest BCUT2D eigenvalue weighted by molar-refractivity contribution is -0.122. The van der Waals surface area contributed by atoms with Gasteiger partial charge in [-0.2, -0.15) is 0 Å². The lowest BCUT2D eigenvalue weighted by Crippen LogP contribution is -2.48. The Morgan fingerprint density at radius 2 is 2.25 bits per heavy atom. The summed E-state index contributed by atoms with van der Waals surface area (Å²) < 4.78 is 25.0. The van der Waals surface area contributed by atoms with Crippen LogP contribution in [0.1, 0.15) is 25.5 Å². The van der Waals surface area contributed by atoms with E-state index in [-0.39, 0.29) is 31.7 Å². The molecule has 2 atom stereocenters. The fourth-order valence-corrected chi connectivity index (χ4v) is 3.44. The number of halogens is 2. The molecule has 1 aliphatic rings. The highest BCUT2D eigenvalue weighted by Gasteiger charge is 2.29. The van der Waals surface area contributed by atoms with Gasteiger partial charge < -0.3 is 19.7 Å². The zero-order valence-electron chi connectivity index (χ0n) is 16.4. The maximum absolute atomic E-state index is 14.6.